The molecule has 14 heteroatoms. The van der Waals surface area contributed by atoms with E-state index in [1.807, 2.05) is 60.7 Å². The van der Waals surface area contributed by atoms with Crippen molar-refractivity contribution in [2.75, 3.05) is 16.9 Å². The van der Waals surface area contributed by atoms with Crippen molar-refractivity contribution in [3.8, 4) is 0 Å². The predicted molar refractivity (Wildman–Crippen MR) is 168 cm³/mol. The second kappa shape index (κ2) is 14.1. The van der Waals surface area contributed by atoms with Gasteiger partial charge in [-0.25, -0.2) is 9.78 Å². The Hall–Kier alpha value is -4.20. The number of β-lactam (4-membered cyclic amide) rings is 1. The number of halogens is 1. The lowest BCUT2D eigenvalue weighted by atomic mass is 10.0. The van der Waals surface area contributed by atoms with Gasteiger partial charge in [0.15, 0.2) is 16.9 Å². The van der Waals surface area contributed by atoms with E-state index in [-0.39, 0.29) is 34.2 Å². The van der Waals surface area contributed by atoms with Gasteiger partial charge in [0.1, 0.15) is 28.9 Å². The van der Waals surface area contributed by atoms with E-state index < -0.39 is 35.3 Å². The van der Waals surface area contributed by atoms with E-state index in [0.717, 1.165) is 22.5 Å². The number of nitrogens with one attached hydrogen (secondary N) is 2. The minimum absolute atomic E-state index is 0.0244. The van der Waals surface area contributed by atoms with E-state index in [1.54, 1.807) is 13.8 Å². The molecule has 0 bridgehead atoms. The topological polar surface area (TPSA) is 139 Å². The van der Waals surface area contributed by atoms with Gasteiger partial charge in [0.05, 0.1) is 0 Å². The summed E-state index contributed by atoms with van der Waals surface area (Å²) in [5.41, 5.74) is 2.18. The third-order valence-corrected chi connectivity index (χ3v) is 9.05. The number of esters is 1. The van der Waals surface area contributed by atoms with Crippen LogP contribution >= 0.6 is 34.7 Å². The van der Waals surface area contributed by atoms with Gasteiger partial charge in [0.2, 0.25) is 6.41 Å². The smallest absolute Gasteiger partial charge is 0.356 e. The molecule has 44 heavy (non-hydrogen) atoms. The number of thiazole rings is 1. The molecule has 0 spiro atoms. The zero-order chi connectivity index (χ0) is 31.2. The van der Waals surface area contributed by atoms with Crippen molar-refractivity contribution in [3.05, 3.63) is 94.1 Å². The van der Waals surface area contributed by atoms with Gasteiger partial charge in [-0.2, -0.15) is 0 Å². The highest BCUT2D eigenvalue weighted by molar-refractivity contribution is 8.00. The number of rotatable bonds is 12. The molecule has 0 saturated carbocycles. The standard InChI is InChI=1S/C30H28ClN5O6S2/c1-17(2)42-35-22(21-15-44-30(33-21)32-16-37)26(38)34-23-27(39)36-24(20(13-31)14-43-28(23)36)29(40)41-25(18-9-5-3-6-10-18)19-11-7-4-8-12-19/h3-12,15-17,23,25,28H,13-14H2,1-2H3,(H,34,38)(H,32,33,37)/t23?,28-/m1/s1. The quantitative estimate of drug-likeness (QED) is 0.0745. The van der Waals surface area contributed by atoms with Crippen LogP contribution in [0.5, 0.6) is 0 Å². The lowest BCUT2D eigenvalue weighted by Gasteiger charge is -2.49. The molecule has 2 aliphatic heterocycles. The molecule has 3 aromatic rings. The predicted octanol–water partition coefficient (Wildman–Crippen LogP) is 4.07. The van der Waals surface area contributed by atoms with Crippen molar-refractivity contribution in [1.82, 2.24) is 15.2 Å². The number of anilines is 1. The molecule has 1 aromatic heterocycles. The number of carbonyl (C=O) groups excluding carboxylic acids is 4. The molecule has 0 radical (unpaired) electrons. The summed E-state index contributed by atoms with van der Waals surface area (Å²) in [7, 11) is 0. The van der Waals surface area contributed by atoms with Gasteiger partial charge in [0.25, 0.3) is 11.8 Å². The normalized spacial score (nSPS) is 18.1. The minimum Gasteiger partial charge on any atom is -0.448 e. The van der Waals surface area contributed by atoms with Gasteiger partial charge < -0.3 is 20.2 Å². The fraction of sp³-hybridized carbons (Fsp3) is 0.267. The summed E-state index contributed by atoms with van der Waals surface area (Å²) in [6, 6.07) is 17.7. The largest absolute Gasteiger partial charge is 0.448 e. The molecule has 3 amide bonds. The summed E-state index contributed by atoms with van der Waals surface area (Å²) in [4.78, 5) is 62.4. The average molecular weight is 654 g/mol. The second-order valence-corrected chi connectivity index (χ2v) is 12.2. The van der Waals surface area contributed by atoms with Crippen molar-refractivity contribution in [1.29, 1.82) is 0 Å². The third kappa shape index (κ3) is 6.64. The van der Waals surface area contributed by atoms with E-state index in [9.17, 15) is 19.2 Å². The van der Waals surface area contributed by atoms with Gasteiger partial charge in [-0.15, -0.1) is 34.7 Å². The number of hydrogen-bond acceptors (Lipinski definition) is 10. The van der Waals surface area contributed by atoms with Crippen LogP contribution in [-0.4, -0.2) is 68.9 Å². The molecule has 3 heterocycles. The van der Waals surface area contributed by atoms with Crippen LogP contribution in [-0.2, 0) is 28.8 Å². The number of fused-ring (bicyclic) bond motifs is 1. The van der Waals surface area contributed by atoms with Crippen LogP contribution in [0.2, 0.25) is 0 Å². The van der Waals surface area contributed by atoms with Gasteiger partial charge in [-0.05, 0) is 30.5 Å². The van der Waals surface area contributed by atoms with Crippen LogP contribution in [0.1, 0.15) is 36.8 Å². The summed E-state index contributed by atoms with van der Waals surface area (Å²) in [5, 5.41) is 10.3. The average Bonchev–Trinajstić information content (AvgIpc) is 3.50. The number of thioether (sulfide) groups is 1. The highest BCUT2D eigenvalue weighted by Crippen LogP contribution is 2.42. The summed E-state index contributed by atoms with van der Waals surface area (Å²) >= 11 is 8.72. The van der Waals surface area contributed by atoms with Gasteiger partial charge in [-0.3, -0.25) is 19.3 Å². The Morgan fingerprint density at radius 1 is 1.14 bits per heavy atom. The minimum atomic E-state index is -0.957. The van der Waals surface area contributed by atoms with Gasteiger partial charge in [0, 0.05) is 17.0 Å². The van der Waals surface area contributed by atoms with Crippen LogP contribution < -0.4 is 10.6 Å². The molecule has 1 unspecified atom stereocenters. The number of aromatic nitrogens is 1. The number of hydrogen-bond donors (Lipinski definition) is 2. The number of ether oxygens (including phenoxy) is 1. The number of nitrogens with zero attached hydrogens (tertiary/aromatic N) is 3. The molecule has 228 valence electrons. The molecule has 2 aromatic carbocycles. The highest BCUT2D eigenvalue weighted by Gasteiger charge is 2.55. The molecule has 2 aliphatic rings. The van der Waals surface area contributed by atoms with Crippen molar-refractivity contribution < 1.29 is 28.8 Å². The highest BCUT2D eigenvalue weighted by atomic mass is 35.5. The first-order valence-electron chi connectivity index (χ1n) is 13.6. The first-order valence-corrected chi connectivity index (χ1v) is 16.0. The number of benzene rings is 2. The van der Waals surface area contributed by atoms with E-state index >= 15 is 0 Å². The second-order valence-electron chi connectivity index (χ2n) is 9.95. The summed E-state index contributed by atoms with van der Waals surface area (Å²) in [6.07, 6.45) is -0.577. The molecular weight excluding hydrogens is 626 g/mol. The maximum atomic E-state index is 13.8. The molecule has 0 aliphatic carbocycles. The lowest BCUT2D eigenvalue weighted by Crippen LogP contribution is -2.71. The number of amides is 3. The van der Waals surface area contributed by atoms with E-state index in [1.165, 1.54) is 22.0 Å². The fourth-order valence-electron chi connectivity index (χ4n) is 4.59. The van der Waals surface area contributed by atoms with Crippen LogP contribution in [0.4, 0.5) is 5.13 Å². The Kier molecular flexibility index (Phi) is 9.98. The number of carbonyl (C=O) groups is 4. The Bertz CT molecular complexity index is 1560. The van der Waals surface area contributed by atoms with Crippen LogP contribution in [0.3, 0.4) is 0 Å². The van der Waals surface area contributed by atoms with E-state index in [2.05, 4.69) is 20.8 Å². The van der Waals surface area contributed by atoms with Crippen molar-refractivity contribution >= 4 is 69.7 Å². The third-order valence-electron chi connectivity index (χ3n) is 6.62. The molecule has 2 atom stereocenters. The Balaban J connectivity index is 1.36. The lowest BCUT2D eigenvalue weighted by molar-refractivity contribution is -0.154. The molecule has 11 nitrogen and oxygen atoms in total. The molecule has 2 N–H and O–H groups in total. The molecular formula is C30H28ClN5O6S2. The monoisotopic (exact) mass is 653 g/mol. The summed E-state index contributed by atoms with van der Waals surface area (Å²) < 4.78 is 6.06. The number of alkyl halides is 1. The Morgan fingerprint density at radius 3 is 2.39 bits per heavy atom. The maximum absolute atomic E-state index is 13.8. The van der Waals surface area contributed by atoms with Gasteiger partial charge in [-0.1, -0.05) is 65.8 Å². The number of oxime groups is 1. The zero-order valence-electron chi connectivity index (χ0n) is 23.6. The van der Waals surface area contributed by atoms with Crippen molar-refractivity contribution in [3.63, 3.8) is 0 Å². The van der Waals surface area contributed by atoms with E-state index in [0.29, 0.717) is 17.7 Å². The Labute approximate surface area is 266 Å². The Morgan fingerprint density at radius 2 is 1.80 bits per heavy atom. The fourth-order valence-corrected chi connectivity index (χ4v) is 6.93. The summed E-state index contributed by atoms with van der Waals surface area (Å²) in [5.74, 6) is -1.49. The van der Waals surface area contributed by atoms with Crippen LogP contribution in [0.25, 0.3) is 0 Å². The maximum Gasteiger partial charge on any atom is 0.356 e. The van der Waals surface area contributed by atoms with Crippen molar-refractivity contribution in [2.45, 2.75) is 37.5 Å². The molecule has 1 saturated heterocycles. The summed E-state index contributed by atoms with van der Waals surface area (Å²) in [6.45, 7) is 3.49. The molecule has 1 fully saturated rings. The van der Waals surface area contributed by atoms with E-state index in [4.69, 9.17) is 21.2 Å². The van der Waals surface area contributed by atoms with Crippen LogP contribution in [0, 0.1) is 0 Å². The first-order chi connectivity index (χ1) is 21.3. The van der Waals surface area contributed by atoms with Gasteiger partial charge >= 0.3 is 5.97 Å². The zero-order valence-corrected chi connectivity index (χ0v) is 26.0. The SMILES string of the molecule is CC(C)ON=C(C(=O)NC1C(=O)N2C(C(=O)OC(c3ccccc3)c3ccccc3)=C(CCl)CS[C@H]12)c1csc(NC=O)n1. The molecule has 5 rings (SSSR count). The first kappa shape index (κ1) is 31.2. The van der Waals surface area contributed by atoms with Crippen molar-refractivity contribution in [2.24, 2.45) is 5.16 Å². The van der Waals surface area contributed by atoms with Crippen LogP contribution in [0.15, 0.2) is 82.5 Å².